The molecule has 1 rings (SSSR count). The molecule has 1 saturated carbocycles. The number of hydrogen-bond donors (Lipinski definition) is 3. The highest BCUT2D eigenvalue weighted by molar-refractivity contribution is 7.90. The molecule has 4 N–H and O–H groups in total. The van der Waals surface area contributed by atoms with Crippen molar-refractivity contribution in [3.63, 3.8) is 0 Å². The van der Waals surface area contributed by atoms with Crippen molar-refractivity contribution >= 4 is 16.0 Å². The van der Waals surface area contributed by atoms with Crippen molar-refractivity contribution in [2.45, 2.75) is 50.3 Å². The van der Waals surface area contributed by atoms with E-state index in [0.29, 0.717) is 25.3 Å². The summed E-state index contributed by atoms with van der Waals surface area (Å²) >= 11 is 0. The number of aliphatic carboxylic acids is 1. The Morgan fingerprint density at radius 2 is 2.17 bits per heavy atom. The van der Waals surface area contributed by atoms with Crippen molar-refractivity contribution in [1.29, 1.82) is 0 Å². The molecular weight excluding hydrogens is 256 g/mol. The molecule has 0 aliphatic heterocycles. The zero-order valence-corrected chi connectivity index (χ0v) is 11.7. The fraction of sp³-hybridized carbons (Fsp3) is 0.909. The van der Waals surface area contributed by atoms with Crippen LogP contribution >= 0.6 is 0 Å². The third kappa shape index (κ3) is 3.21. The fourth-order valence-electron chi connectivity index (χ4n) is 2.27. The third-order valence-corrected chi connectivity index (χ3v) is 5.44. The van der Waals surface area contributed by atoms with Crippen LogP contribution in [0.2, 0.25) is 0 Å². The van der Waals surface area contributed by atoms with Crippen LogP contribution in [0, 0.1) is 5.92 Å². The van der Waals surface area contributed by atoms with E-state index in [9.17, 15) is 13.2 Å². The van der Waals surface area contributed by atoms with Crippen molar-refractivity contribution in [2.24, 2.45) is 11.7 Å². The Morgan fingerprint density at radius 1 is 1.56 bits per heavy atom. The topological polar surface area (TPSA) is 109 Å². The molecule has 0 bridgehead atoms. The molecule has 0 heterocycles. The molecule has 7 heteroatoms. The van der Waals surface area contributed by atoms with E-state index in [4.69, 9.17) is 10.8 Å². The second kappa shape index (κ2) is 5.54. The van der Waals surface area contributed by atoms with Crippen LogP contribution < -0.4 is 10.5 Å². The van der Waals surface area contributed by atoms with Gasteiger partial charge < -0.3 is 10.8 Å². The van der Waals surface area contributed by atoms with Crippen LogP contribution in [0.15, 0.2) is 0 Å². The van der Waals surface area contributed by atoms with Gasteiger partial charge in [0.05, 0.1) is 0 Å². The lowest BCUT2D eigenvalue weighted by molar-refractivity contribution is -0.142. The maximum absolute atomic E-state index is 12.1. The molecule has 18 heavy (non-hydrogen) atoms. The maximum Gasteiger partial charge on any atom is 0.325 e. The standard InChI is InChI=1S/C11H22N2O4S/c1-8(2)5-7-13-18(16,17)9-4-3-6-11(9,12)10(14)15/h8-9,13H,3-7,12H2,1-2H3,(H,14,15). The lowest BCUT2D eigenvalue weighted by atomic mass is 9.99. The van der Waals surface area contributed by atoms with E-state index in [0.717, 1.165) is 6.42 Å². The van der Waals surface area contributed by atoms with Gasteiger partial charge in [-0.05, 0) is 31.6 Å². The van der Waals surface area contributed by atoms with Crippen LogP contribution in [0.3, 0.4) is 0 Å². The molecule has 0 amide bonds. The van der Waals surface area contributed by atoms with Crippen molar-refractivity contribution in [3.05, 3.63) is 0 Å². The number of hydrogen-bond acceptors (Lipinski definition) is 4. The minimum Gasteiger partial charge on any atom is -0.480 e. The van der Waals surface area contributed by atoms with Crippen LogP contribution in [-0.2, 0) is 14.8 Å². The Kier molecular flexibility index (Phi) is 4.74. The zero-order valence-electron chi connectivity index (χ0n) is 10.8. The highest BCUT2D eigenvalue weighted by Gasteiger charge is 2.52. The average Bonchev–Trinajstić information content (AvgIpc) is 2.61. The van der Waals surface area contributed by atoms with Crippen molar-refractivity contribution < 1.29 is 18.3 Å². The zero-order chi connectivity index (χ0) is 14.0. The molecule has 2 unspecified atom stereocenters. The second-order valence-corrected chi connectivity index (χ2v) is 7.30. The molecule has 106 valence electrons. The van der Waals surface area contributed by atoms with Gasteiger partial charge in [0, 0.05) is 6.54 Å². The molecule has 6 nitrogen and oxygen atoms in total. The first kappa shape index (κ1) is 15.4. The summed E-state index contributed by atoms with van der Waals surface area (Å²) in [4.78, 5) is 11.1. The Labute approximate surface area is 108 Å². The van der Waals surface area contributed by atoms with Gasteiger partial charge in [0.25, 0.3) is 0 Å². The lowest BCUT2D eigenvalue weighted by Gasteiger charge is -2.26. The van der Waals surface area contributed by atoms with E-state index >= 15 is 0 Å². The largest absolute Gasteiger partial charge is 0.480 e. The van der Waals surface area contributed by atoms with Gasteiger partial charge in [-0.25, -0.2) is 13.1 Å². The summed E-state index contributed by atoms with van der Waals surface area (Å²) in [6.45, 7) is 4.31. The van der Waals surface area contributed by atoms with Gasteiger partial charge in [-0.2, -0.15) is 0 Å². The molecule has 0 saturated heterocycles. The van der Waals surface area contributed by atoms with Crippen molar-refractivity contribution in [1.82, 2.24) is 4.72 Å². The van der Waals surface area contributed by atoms with Gasteiger partial charge in [-0.15, -0.1) is 0 Å². The Balaban J connectivity index is 2.75. The average molecular weight is 278 g/mol. The molecule has 1 fully saturated rings. The lowest BCUT2D eigenvalue weighted by Crippen LogP contribution is -2.58. The van der Waals surface area contributed by atoms with Crippen molar-refractivity contribution in [2.75, 3.05) is 6.54 Å². The summed E-state index contributed by atoms with van der Waals surface area (Å²) in [7, 11) is -3.66. The summed E-state index contributed by atoms with van der Waals surface area (Å²) in [6, 6.07) is 0. The molecule has 0 aromatic heterocycles. The predicted octanol–water partition coefficient (Wildman–Crippen LogP) is 0.287. The van der Waals surface area contributed by atoms with E-state index in [-0.39, 0.29) is 6.42 Å². The van der Waals surface area contributed by atoms with E-state index in [1.54, 1.807) is 0 Å². The summed E-state index contributed by atoms with van der Waals surface area (Å²) in [6.07, 6.45) is 1.76. The van der Waals surface area contributed by atoms with Crippen LogP contribution in [-0.4, -0.2) is 36.8 Å². The van der Waals surface area contributed by atoms with Crippen LogP contribution in [0.1, 0.15) is 39.5 Å². The normalized spacial score (nSPS) is 28.8. The van der Waals surface area contributed by atoms with E-state index in [2.05, 4.69) is 4.72 Å². The first-order valence-electron chi connectivity index (χ1n) is 6.21. The molecular formula is C11H22N2O4S. The number of nitrogens with two attached hydrogens (primary N) is 1. The van der Waals surface area contributed by atoms with Gasteiger partial charge in [0.1, 0.15) is 10.8 Å². The second-order valence-electron chi connectivity index (χ2n) is 5.35. The van der Waals surface area contributed by atoms with E-state index in [1.807, 2.05) is 13.8 Å². The SMILES string of the molecule is CC(C)CCNS(=O)(=O)C1CCCC1(N)C(=O)O. The molecule has 1 aliphatic carbocycles. The summed E-state index contributed by atoms with van der Waals surface area (Å²) < 4.78 is 26.6. The van der Waals surface area contributed by atoms with E-state index < -0.39 is 26.8 Å². The van der Waals surface area contributed by atoms with Gasteiger partial charge >= 0.3 is 5.97 Å². The number of nitrogens with one attached hydrogen (secondary N) is 1. The number of sulfonamides is 1. The van der Waals surface area contributed by atoms with Crippen molar-refractivity contribution in [3.8, 4) is 0 Å². The van der Waals surface area contributed by atoms with Crippen LogP contribution in [0.25, 0.3) is 0 Å². The molecule has 0 spiro atoms. The molecule has 0 radical (unpaired) electrons. The fourth-order valence-corrected chi connectivity index (χ4v) is 4.12. The highest BCUT2D eigenvalue weighted by atomic mass is 32.2. The third-order valence-electron chi connectivity index (χ3n) is 3.43. The minimum absolute atomic E-state index is 0.206. The number of carbonyl (C=O) groups is 1. The first-order valence-corrected chi connectivity index (χ1v) is 7.75. The van der Waals surface area contributed by atoms with E-state index in [1.165, 1.54) is 0 Å². The summed E-state index contributed by atoms with van der Waals surface area (Å²) in [5.74, 6) is -0.849. The Hall–Kier alpha value is -0.660. The maximum atomic E-state index is 12.1. The van der Waals surface area contributed by atoms with Crippen LogP contribution in [0.5, 0.6) is 0 Å². The smallest absolute Gasteiger partial charge is 0.325 e. The predicted molar refractivity (Wildman–Crippen MR) is 68.6 cm³/mol. The van der Waals surface area contributed by atoms with Gasteiger partial charge in [-0.1, -0.05) is 13.8 Å². The number of rotatable bonds is 6. The van der Waals surface area contributed by atoms with Gasteiger partial charge in [0.15, 0.2) is 0 Å². The molecule has 0 aromatic rings. The minimum atomic E-state index is -3.66. The van der Waals surface area contributed by atoms with Gasteiger partial charge in [0.2, 0.25) is 10.0 Å². The summed E-state index contributed by atoms with van der Waals surface area (Å²) in [5.41, 5.74) is 4.10. The molecule has 1 aliphatic rings. The number of carboxylic acid groups (broad SMARTS) is 1. The number of carboxylic acids is 1. The highest BCUT2D eigenvalue weighted by Crippen LogP contribution is 2.33. The monoisotopic (exact) mass is 278 g/mol. The quantitative estimate of drug-likeness (QED) is 0.647. The summed E-state index contributed by atoms with van der Waals surface area (Å²) in [5, 5.41) is 8.07. The molecule has 0 aromatic carbocycles. The Bertz CT molecular complexity index is 407. The van der Waals surface area contributed by atoms with Gasteiger partial charge in [-0.3, -0.25) is 4.79 Å². The Morgan fingerprint density at radius 3 is 2.67 bits per heavy atom. The first-order chi connectivity index (χ1) is 8.20. The van der Waals surface area contributed by atoms with Crippen LogP contribution in [0.4, 0.5) is 0 Å². The molecule has 2 atom stereocenters.